The van der Waals surface area contributed by atoms with Crippen molar-refractivity contribution in [1.29, 1.82) is 0 Å². The van der Waals surface area contributed by atoms with Gasteiger partial charge in [-0.15, -0.1) is 0 Å². The summed E-state index contributed by atoms with van der Waals surface area (Å²) in [4.78, 5) is 11.6. The third-order valence-electron chi connectivity index (χ3n) is 3.33. The maximum absolute atomic E-state index is 11.6. The van der Waals surface area contributed by atoms with Crippen molar-refractivity contribution < 1.29 is 9.53 Å². The van der Waals surface area contributed by atoms with Crippen LogP contribution in [0.5, 0.6) is 0 Å². The van der Waals surface area contributed by atoms with E-state index in [1.165, 1.54) is 24.7 Å². The Morgan fingerprint density at radius 1 is 1.30 bits per heavy atom. The van der Waals surface area contributed by atoms with Gasteiger partial charge in [-0.2, -0.15) is 0 Å². The molecule has 108 valence electrons. The van der Waals surface area contributed by atoms with E-state index in [0.717, 1.165) is 5.56 Å². The fraction of sp³-hybridized carbons (Fsp3) is 0.389. The van der Waals surface area contributed by atoms with Crippen molar-refractivity contribution in [3.8, 4) is 0 Å². The molecule has 2 heteroatoms. The molecule has 1 rings (SSSR count). The van der Waals surface area contributed by atoms with E-state index in [-0.39, 0.29) is 5.97 Å². The molecule has 0 bridgehead atoms. The number of hydrogen-bond donors (Lipinski definition) is 0. The zero-order valence-electron chi connectivity index (χ0n) is 12.6. The van der Waals surface area contributed by atoms with Gasteiger partial charge < -0.3 is 4.74 Å². The van der Waals surface area contributed by atoms with E-state index in [1.807, 2.05) is 36.4 Å². The minimum atomic E-state index is -0.236. The maximum atomic E-state index is 11.6. The molecule has 0 heterocycles. The molecule has 1 unspecified atom stereocenters. The molecule has 0 aliphatic rings. The summed E-state index contributed by atoms with van der Waals surface area (Å²) in [6.45, 7) is 6.51. The van der Waals surface area contributed by atoms with E-state index in [1.54, 1.807) is 6.08 Å². The first-order valence-corrected chi connectivity index (χ1v) is 7.20. The lowest BCUT2D eigenvalue weighted by molar-refractivity contribution is -0.137. The van der Waals surface area contributed by atoms with Gasteiger partial charge in [0.1, 0.15) is 0 Å². The van der Waals surface area contributed by atoms with Crippen LogP contribution >= 0.6 is 0 Å². The van der Waals surface area contributed by atoms with Crippen LogP contribution in [-0.2, 0) is 16.0 Å². The molecule has 0 saturated heterocycles. The molecule has 0 saturated carbocycles. The molecular formula is C18H24O2. The van der Waals surface area contributed by atoms with E-state index in [9.17, 15) is 4.79 Å². The lowest BCUT2D eigenvalue weighted by Gasteiger charge is -2.09. The average Bonchev–Trinajstić information content (AvgIpc) is 2.44. The van der Waals surface area contributed by atoms with Crippen LogP contribution in [0.4, 0.5) is 0 Å². The SMILES string of the molecule is CCCC(C)/C(C)=C/C=C/OC(=O)Cc1ccccc1. The second-order valence-corrected chi connectivity index (χ2v) is 5.08. The molecule has 1 aromatic rings. The quantitative estimate of drug-likeness (QED) is 0.409. The molecule has 2 nitrogen and oxygen atoms in total. The lowest BCUT2D eigenvalue weighted by Crippen LogP contribution is -2.03. The summed E-state index contributed by atoms with van der Waals surface area (Å²) in [5.74, 6) is 0.338. The summed E-state index contributed by atoms with van der Waals surface area (Å²) in [5, 5.41) is 0. The minimum absolute atomic E-state index is 0.236. The zero-order chi connectivity index (χ0) is 14.8. The van der Waals surface area contributed by atoms with Gasteiger partial charge in [0, 0.05) is 0 Å². The Hall–Kier alpha value is -1.83. The van der Waals surface area contributed by atoms with Gasteiger partial charge >= 0.3 is 5.97 Å². The Kier molecular flexibility index (Phi) is 7.41. The highest BCUT2D eigenvalue weighted by molar-refractivity contribution is 5.73. The van der Waals surface area contributed by atoms with E-state index in [2.05, 4.69) is 20.8 Å². The third-order valence-corrected chi connectivity index (χ3v) is 3.33. The van der Waals surface area contributed by atoms with Gasteiger partial charge in [-0.1, -0.05) is 62.2 Å². The molecular weight excluding hydrogens is 248 g/mol. The number of ether oxygens (including phenoxy) is 1. The van der Waals surface area contributed by atoms with Crippen LogP contribution in [0.2, 0.25) is 0 Å². The number of allylic oxidation sites excluding steroid dienone is 3. The van der Waals surface area contributed by atoms with Gasteiger partial charge in [0.15, 0.2) is 0 Å². The molecule has 0 aromatic heterocycles. The van der Waals surface area contributed by atoms with Crippen molar-refractivity contribution in [3.63, 3.8) is 0 Å². The highest BCUT2D eigenvalue weighted by atomic mass is 16.5. The molecule has 1 aromatic carbocycles. The summed E-state index contributed by atoms with van der Waals surface area (Å²) in [6, 6.07) is 9.60. The third kappa shape index (κ3) is 6.37. The summed E-state index contributed by atoms with van der Waals surface area (Å²) in [7, 11) is 0. The monoisotopic (exact) mass is 272 g/mol. The number of hydrogen-bond acceptors (Lipinski definition) is 2. The lowest BCUT2D eigenvalue weighted by atomic mass is 9.97. The number of carbonyl (C=O) groups is 1. The molecule has 0 aliphatic carbocycles. The summed E-state index contributed by atoms with van der Waals surface area (Å²) < 4.78 is 5.07. The Balaban J connectivity index is 2.37. The molecule has 0 radical (unpaired) electrons. The number of carbonyl (C=O) groups excluding carboxylic acids is 1. The Morgan fingerprint density at radius 2 is 2.00 bits per heavy atom. The van der Waals surface area contributed by atoms with Crippen LogP contribution in [0.3, 0.4) is 0 Å². The first-order valence-electron chi connectivity index (χ1n) is 7.20. The van der Waals surface area contributed by atoms with Crippen molar-refractivity contribution in [2.24, 2.45) is 5.92 Å². The fourth-order valence-corrected chi connectivity index (χ4v) is 1.94. The van der Waals surface area contributed by atoms with Crippen LogP contribution < -0.4 is 0 Å². The highest BCUT2D eigenvalue weighted by Gasteiger charge is 2.02. The topological polar surface area (TPSA) is 26.3 Å². The maximum Gasteiger partial charge on any atom is 0.315 e. The van der Waals surface area contributed by atoms with Crippen LogP contribution in [-0.4, -0.2) is 5.97 Å². The van der Waals surface area contributed by atoms with Gasteiger partial charge in [-0.3, -0.25) is 4.79 Å². The zero-order valence-corrected chi connectivity index (χ0v) is 12.6. The molecule has 0 spiro atoms. The first kappa shape index (κ1) is 16.2. The van der Waals surface area contributed by atoms with Gasteiger partial charge in [0.25, 0.3) is 0 Å². The molecule has 0 N–H and O–H groups in total. The summed E-state index contributed by atoms with van der Waals surface area (Å²) in [6.07, 6.45) is 7.94. The molecule has 1 atom stereocenters. The van der Waals surface area contributed by atoms with Crippen molar-refractivity contribution in [3.05, 3.63) is 59.9 Å². The average molecular weight is 272 g/mol. The van der Waals surface area contributed by atoms with Crippen LogP contribution in [0.25, 0.3) is 0 Å². The van der Waals surface area contributed by atoms with Gasteiger partial charge in [-0.25, -0.2) is 0 Å². The number of rotatable bonds is 7. The van der Waals surface area contributed by atoms with E-state index >= 15 is 0 Å². The smallest absolute Gasteiger partial charge is 0.315 e. The number of esters is 1. The van der Waals surface area contributed by atoms with E-state index in [0.29, 0.717) is 12.3 Å². The summed E-state index contributed by atoms with van der Waals surface area (Å²) >= 11 is 0. The molecule has 20 heavy (non-hydrogen) atoms. The predicted octanol–water partition coefficient (Wildman–Crippen LogP) is 4.67. The normalized spacial score (nSPS) is 13.4. The Bertz CT molecular complexity index is 458. The van der Waals surface area contributed by atoms with E-state index < -0.39 is 0 Å². The Labute approximate surface area is 122 Å². The fourth-order valence-electron chi connectivity index (χ4n) is 1.94. The highest BCUT2D eigenvalue weighted by Crippen LogP contribution is 2.15. The van der Waals surface area contributed by atoms with Gasteiger partial charge in [0.2, 0.25) is 0 Å². The van der Waals surface area contributed by atoms with Crippen molar-refractivity contribution in [2.75, 3.05) is 0 Å². The van der Waals surface area contributed by atoms with Crippen molar-refractivity contribution in [1.82, 2.24) is 0 Å². The Morgan fingerprint density at radius 3 is 2.65 bits per heavy atom. The second-order valence-electron chi connectivity index (χ2n) is 5.08. The van der Waals surface area contributed by atoms with Gasteiger partial charge in [-0.05, 0) is 30.9 Å². The van der Waals surface area contributed by atoms with E-state index in [4.69, 9.17) is 4.74 Å². The van der Waals surface area contributed by atoms with Crippen LogP contribution in [0, 0.1) is 5.92 Å². The van der Waals surface area contributed by atoms with Crippen LogP contribution in [0.15, 0.2) is 54.3 Å². The molecule has 0 amide bonds. The van der Waals surface area contributed by atoms with Crippen molar-refractivity contribution >= 4 is 5.97 Å². The second kappa shape index (κ2) is 9.13. The minimum Gasteiger partial charge on any atom is -0.434 e. The predicted molar refractivity (Wildman–Crippen MR) is 83.2 cm³/mol. The standard InChI is InChI=1S/C18H24O2/c1-4-9-15(2)16(3)10-8-13-20-18(19)14-17-11-6-5-7-12-17/h5-8,10-13,15H,4,9,14H2,1-3H3/b13-8+,16-10+. The van der Waals surface area contributed by atoms with Crippen molar-refractivity contribution in [2.45, 2.75) is 40.0 Å². The number of benzene rings is 1. The van der Waals surface area contributed by atoms with Gasteiger partial charge in [0.05, 0.1) is 12.7 Å². The summed E-state index contributed by atoms with van der Waals surface area (Å²) in [5.41, 5.74) is 2.27. The largest absolute Gasteiger partial charge is 0.434 e. The molecule has 0 fully saturated rings. The first-order chi connectivity index (χ1) is 9.63. The molecule has 0 aliphatic heterocycles. The van der Waals surface area contributed by atoms with Crippen LogP contribution in [0.1, 0.15) is 39.2 Å².